The fourth-order valence-corrected chi connectivity index (χ4v) is 2.83. The van der Waals surface area contributed by atoms with Crippen LogP contribution in [0, 0.1) is 0 Å². The zero-order chi connectivity index (χ0) is 18.7. The number of aromatic nitrogens is 2. The molecule has 0 aliphatic carbocycles. The van der Waals surface area contributed by atoms with Crippen molar-refractivity contribution in [3.63, 3.8) is 0 Å². The number of ketones is 1. The van der Waals surface area contributed by atoms with E-state index in [1.54, 1.807) is 19.2 Å². The minimum absolute atomic E-state index is 0.124. The summed E-state index contributed by atoms with van der Waals surface area (Å²) in [6.45, 7) is 4.11. The lowest BCUT2D eigenvalue weighted by molar-refractivity contribution is 0.0962. The largest absolute Gasteiger partial charge is 0.355 e. The molecule has 0 spiro atoms. The lowest BCUT2D eigenvalue weighted by atomic mass is 9.94. The summed E-state index contributed by atoms with van der Waals surface area (Å²) in [7, 11) is 1.61. The average Bonchev–Trinajstić information content (AvgIpc) is 3.09. The first-order valence-corrected chi connectivity index (χ1v) is 8.52. The van der Waals surface area contributed by atoms with Crippen LogP contribution in [0.25, 0.3) is 17.1 Å². The molecule has 1 aromatic heterocycles. The highest BCUT2D eigenvalue weighted by molar-refractivity contribution is 6.06. The summed E-state index contributed by atoms with van der Waals surface area (Å²) in [5.74, 6) is 0.225. The molecule has 0 bridgehead atoms. The molecular formula is C21H21N3O2. The summed E-state index contributed by atoms with van der Waals surface area (Å²) in [4.78, 5) is 31.6. The van der Waals surface area contributed by atoms with E-state index in [9.17, 15) is 9.59 Å². The first-order valence-electron chi connectivity index (χ1n) is 8.52. The molecule has 0 saturated carbocycles. The number of nitrogens with zero attached hydrogens (tertiary/aromatic N) is 1. The zero-order valence-corrected chi connectivity index (χ0v) is 15.0. The van der Waals surface area contributed by atoms with E-state index in [1.807, 2.05) is 36.4 Å². The third-order valence-corrected chi connectivity index (χ3v) is 4.24. The molecule has 132 valence electrons. The maximum Gasteiger partial charge on any atom is 0.251 e. The van der Waals surface area contributed by atoms with Gasteiger partial charge in [0.1, 0.15) is 0 Å². The first kappa shape index (κ1) is 17.6. The molecule has 0 fully saturated rings. The van der Waals surface area contributed by atoms with Crippen molar-refractivity contribution < 1.29 is 9.59 Å². The molecule has 2 N–H and O–H groups in total. The van der Waals surface area contributed by atoms with Crippen LogP contribution in [0.2, 0.25) is 0 Å². The second-order valence-corrected chi connectivity index (χ2v) is 6.38. The van der Waals surface area contributed by atoms with E-state index in [4.69, 9.17) is 0 Å². The first-order chi connectivity index (χ1) is 12.5. The lowest BCUT2D eigenvalue weighted by Gasteiger charge is -2.12. The van der Waals surface area contributed by atoms with E-state index in [-0.39, 0.29) is 17.6 Å². The number of rotatable bonds is 5. The maximum atomic E-state index is 12.4. The zero-order valence-electron chi connectivity index (χ0n) is 15.0. The predicted octanol–water partition coefficient (Wildman–Crippen LogP) is 3.94. The Balaban J connectivity index is 1.89. The molecule has 3 rings (SSSR count). The van der Waals surface area contributed by atoms with Gasteiger partial charge in [0, 0.05) is 12.6 Å². The number of H-pyrrole nitrogens is 1. The molecule has 1 heterocycles. The quantitative estimate of drug-likeness (QED) is 0.542. The van der Waals surface area contributed by atoms with Crippen molar-refractivity contribution in [1.82, 2.24) is 15.3 Å². The smallest absolute Gasteiger partial charge is 0.251 e. The van der Waals surface area contributed by atoms with Crippen molar-refractivity contribution in [3.8, 4) is 0 Å². The number of carbonyl (C=O) groups is 2. The van der Waals surface area contributed by atoms with Crippen LogP contribution < -0.4 is 5.32 Å². The molecule has 2 aromatic carbocycles. The number of hydrogen-bond donors (Lipinski definition) is 2. The molecule has 0 aliphatic heterocycles. The lowest BCUT2D eigenvalue weighted by Crippen LogP contribution is -2.18. The van der Waals surface area contributed by atoms with Gasteiger partial charge in [-0.25, -0.2) is 4.98 Å². The van der Waals surface area contributed by atoms with Crippen molar-refractivity contribution >= 4 is 28.8 Å². The highest BCUT2D eigenvalue weighted by atomic mass is 16.1. The van der Waals surface area contributed by atoms with Gasteiger partial charge in [-0.05, 0) is 47.4 Å². The standard InChI is InChI=1S/C21H21N3O2/c1-13(2)16-12-15(21(26)22-3)9-8-14(16)10-11-19(25)20-23-17-6-4-5-7-18(17)24-20/h4-13H,1-3H3,(H,22,26)(H,23,24). The number of imidazole rings is 1. The Morgan fingerprint density at radius 2 is 1.92 bits per heavy atom. The van der Waals surface area contributed by atoms with Gasteiger partial charge in [0.15, 0.2) is 5.82 Å². The van der Waals surface area contributed by atoms with Crippen LogP contribution in [0.15, 0.2) is 48.5 Å². The average molecular weight is 347 g/mol. The molecule has 3 aromatic rings. The van der Waals surface area contributed by atoms with Gasteiger partial charge in [-0.1, -0.05) is 38.1 Å². The summed E-state index contributed by atoms with van der Waals surface area (Å²) in [5, 5.41) is 2.63. The SMILES string of the molecule is CNC(=O)c1ccc(C=CC(=O)c2nc3ccccc3[nH]2)c(C(C)C)c1. The molecule has 0 unspecified atom stereocenters. The molecule has 0 aliphatic rings. The summed E-state index contributed by atoms with van der Waals surface area (Å²) in [6.07, 6.45) is 3.29. The Morgan fingerprint density at radius 1 is 1.15 bits per heavy atom. The maximum absolute atomic E-state index is 12.4. The number of benzene rings is 2. The second-order valence-electron chi connectivity index (χ2n) is 6.38. The van der Waals surface area contributed by atoms with E-state index in [1.165, 1.54) is 6.08 Å². The Bertz CT molecular complexity index is 966. The second kappa shape index (κ2) is 7.35. The van der Waals surface area contributed by atoms with Gasteiger partial charge in [0.2, 0.25) is 5.78 Å². The third kappa shape index (κ3) is 3.57. The van der Waals surface area contributed by atoms with Crippen LogP contribution in [0.5, 0.6) is 0 Å². The molecule has 5 nitrogen and oxygen atoms in total. The number of fused-ring (bicyclic) bond motifs is 1. The van der Waals surface area contributed by atoms with Crippen molar-refractivity contribution in [3.05, 3.63) is 71.1 Å². The molecule has 26 heavy (non-hydrogen) atoms. The summed E-state index contributed by atoms with van der Waals surface area (Å²) in [6, 6.07) is 13.0. The molecule has 1 amide bonds. The topological polar surface area (TPSA) is 74.8 Å². The van der Waals surface area contributed by atoms with E-state index in [0.29, 0.717) is 11.4 Å². The van der Waals surface area contributed by atoms with Crippen molar-refractivity contribution in [2.45, 2.75) is 19.8 Å². The predicted molar refractivity (Wildman–Crippen MR) is 103 cm³/mol. The van der Waals surface area contributed by atoms with Gasteiger partial charge in [0.25, 0.3) is 5.91 Å². The van der Waals surface area contributed by atoms with E-state index >= 15 is 0 Å². The van der Waals surface area contributed by atoms with Gasteiger partial charge in [-0.3, -0.25) is 9.59 Å². The van der Waals surface area contributed by atoms with Crippen LogP contribution in [0.1, 0.15) is 51.9 Å². The van der Waals surface area contributed by atoms with Gasteiger partial charge in [-0.15, -0.1) is 0 Å². The Hall–Kier alpha value is -3.21. The van der Waals surface area contributed by atoms with Crippen LogP contribution in [0.4, 0.5) is 0 Å². The Labute approximate surface area is 152 Å². The van der Waals surface area contributed by atoms with E-state index < -0.39 is 0 Å². The minimum atomic E-state index is -0.189. The van der Waals surface area contributed by atoms with Gasteiger partial charge >= 0.3 is 0 Å². The van der Waals surface area contributed by atoms with Gasteiger partial charge in [0.05, 0.1) is 11.0 Å². The van der Waals surface area contributed by atoms with E-state index in [2.05, 4.69) is 29.1 Å². The van der Waals surface area contributed by atoms with Crippen molar-refractivity contribution in [2.24, 2.45) is 0 Å². The third-order valence-electron chi connectivity index (χ3n) is 4.24. The normalized spacial score (nSPS) is 11.4. The molecule has 5 heteroatoms. The van der Waals surface area contributed by atoms with Crippen molar-refractivity contribution in [2.75, 3.05) is 7.05 Å². The fraction of sp³-hybridized carbons (Fsp3) is 0.190. The number of aromatic amines is 1. The van der Waals surface area contributed by atoms with Crippen LogP contribution in [-0.2, 0) is 0 Å². The molecule has 0 atom stereocenters. The summed E-state index contributed by atoms with van der Waals surface area (Å²) >= 11 is 0. The van der Waals surface area contributed by atoms with E-state index in [0.717, 1.165) is 22.2 Å². The van der Waals surface area contributed by atoms with Crippen LogP contribution in [-0.4, -0.2) is 28.7 Å². The van der Waals surface area contributed by atoms with Gasteiger partial charge < -0.3 is 10.3 Å². The highest BCUT2D eigenvalue weighted by Gasteiger charge is 2.12. The fourth-order valence-electron chi connectivity index (χ4n) is 2.83. The Kier molecular flexibility index (Phi) is 4.98. The number of hydrogen-bond acceptors (Lipinski definition) is 3. The molecule has 0 radical (unpaired) electrons. The van der Waals surface area contributed by atoms with Crippen LogP contribution >= 0.6 is 0 Å². The summed E-state index contributed by atoms with van der Waals surface area (Å²) in [5.41, 5.74) is 4.14. The number of amides is 1. The Morgan fingerprint density at radius 3 is 2.62 bits per heavy atom. The van der Waals surface area contributed by atoms with Crippen LogP contribution in [0.3, 0.4) is 0 Å². The molecular weight excluding hydrogens is 326 g/mol. The highest BCUT2D eigenvalue weighted by Crippen LogP contribution is 2.23. The number of para-hydroxylation sites is 2. The number of nitrogens with one attached hydrogen (secondary N) is 2. The number of carbonyl (C=O) groups excluding carboxylic acids is 2. The minimum Gasteiger partial charge on any atom is -0.355 e. The van der Waals surface area contributed by atoms with Gasteiger partial charge in [-0.2, -0.15) is 0 Å². The van der Waals surface area contributed by atoms with Crippen molar-refractivity contribution in [1.29, 1.82) is 0 Å². The monoisotopic (exact) mass is 347 g/mol. The summed E-state index contributed by atoms with van der Waals surface area (Å²) < 4.78 is 0. The molecule has 0 saturated heterocycles. The number of allylic oxidation sites excluding steroid dienone is 1.